The first-order valence-corrected chi connectivity index (χ1v) is 11.5. The molecule has 1 saturated heterocycles. The van der Waals surface area contributed by atoms with E-state index in [4.69, 9.17) is 11.6 Å². The average Bonchev–Trinajstić information content (AvgIpc) is 3.09. The Morgan fingerprint density at radius 3 is 2.47 bits per heavy atom. The highest BCUT2D eigenvalue weighted by Gasteiger charge is 2.45. The van der Waals surface area contributed by atoms with E-state index in [0.29, 0.717) is 23.7 Å². The van der Waals surface area contributed by atoms with Gasteiger partial charge in [0.25, 0.3) is 5.91 Å². The fourth-order valence-corrected chi connectivity index (χ4v) is 4.88. The van der Waals surface area contributed by atoms with E-state index >= 15 is 0 Å². The second kappa shape index (κ2) is 9.82. The van der Waals surface area contributed by atoms with Crippen LogP contribution in [0.5, 0.6) is 0 Å². The van der Waals surface area contributed by atoms with Crippen LogP contribution in [0, 0.1) is 11.7 Å². The Morgan fingerprint density at radius 1 is 1.06 bits per heavy atom. The minimum atomic E-state index is -0.846. The topological polar surface area (TPSA) is 57.7 Å². The van der Waals surface area contributed by atoms with Crippen LogP contribution in [0.2, 0.25) is 5.02 Å². The van der Waals surface area contributed by atoms with E-state index in [-0.39, 0.29) is 24.2 Å². The van der Waals surface area contributed by atoms with Gasteiger partial charge in [-0.15, -0.1) is 0 Å². The van der Waals surface area contributed by atoms with Gasteiger partial charge in [-0.05, 0) is 61.2 Å². The Kier molecular flexibility index (Phi) is 6.89. The number of benzene rings is 2. The summed E-state index contributed by atoms with van der Waals surface area (Å²) >= 11 is 6.10. The number of hydrogen-bond donors (Lipinski definition) is 0. The summed E-state index contributed by atoms with van der Waals surface area (Å²) in [5.74, 6) is -1.43. The van der Waals surface area contributed by atoms with Crippen LogP contribution in [0.3, 0.4) is 0 Å². The van der Waals surface area contributed by atoms with Gasteiger partial charge in [-0.3, -0.25) is 14.4 Å². The van der Waals surface area contributed by atoms with Crippen LogP contribution in [0.4, 0.5) is 10.1 Å². The van der Waals surface area contributed by atoms with Gasteiger partial charge >= 0.3 is 0 Å². The van der Waals surface area contributed by atoms with Gasteiger partial charge in [0.15, 0.2) is 0 Å². The number of carbonyl (C=O) groups is 3. The van der Waals surface area contributed by atoms with Crippen LogP contribution in [-0.2, 0) is 20.8 Å². The first-order valence-electron chi connectivity index (χ1n) is 11.1. The predicted molar refractivity (Wildman–Crippen MR) is 121 cm³/mol. The highest BCUT2D eigenvalue weighted by atomic mass is 35.5. The van der Waals surface area contributed by atoms with Crippen molar-refractivity contribution in [1.82, 2.24) is 4.90 Å². The summed E-state index contributed by atoms with van der Waals surface area (Å²) in [7, 11) is 0. The zero-order valence-corrected chi connectivity index (χ0v) is 18.6. The number of halogens is 2. The Morgan fingerprint density at radius 2 is 1.78 bits per heavy atom. The zero-order valence-electron chi connectivity index (χ0n) is 17.8. The molecule has 0 spiro atoms. The van der Waals surface area contributed by atoms with Gasteiger partial charge in [0, 0.05) is 17.5 Å². The molecule has 4 rings (SSSR count). The molecule has 0 N–H and O–H groups in total. The van der Waals surface area contributed by atoms with Gasteiger partial charge in [-0.25, -0.2) is 9.29 Å². The first kappa shape index (κ1) is 22.5. The van der Waals surface area contributed by atoms with E-state index in [9.17, 15) is 18.8 Å². The lowest BCUT2D eigenvalue weighted by atomic mass is 9.87. The summed E-state index contributed by atoms with van der Waals surface area (Å²) in [6, 6.07) is 11.8. The normalized spacial score (nSPS) is 19.4. The molecule has 1 aliphatic heterocycles. The van der Waals surface area contributed by atoms with Crippen LogP contribution in [0.1, 0.15) is 44.1 Å². The average molecular weight is 457 g/mol. The third kappa shape index (κ3) is 4.85. The number of hydrogen-bond acceptors (Lipinski definition) is 3. The van der Waals surface area contributed by atoms with Gasteiger partial charge in [-0.2, -0.15) is 0 Å². The summed E-state index contributed by atoms with van der Waals surface area (Å²) in [5.41, 5.74) is 1.29. The molecule has 0 bridgehead atoms. The number of anilines is 1. The van der Waals surface area contributed by atoms with Crippen LogP contribution in [0.15, 0.2) is 48.5 Å². The molecule has 3 amide bonds. The molecule has 1 saturated carbocycles. The van der Waals surface area contributed by atoms with Crippen LogP contribution in [-0.4, -0.2) is 35.2 Å². The quantitative estimate of drug-likeness (QED) is 0.589. The number of imide groups is 1. The maximum atomic E-state index is 13.5. The zero-order chi connectivity index (χ0) is 22.7. The fraction of sp³-hybridized carbons (Fsp3) is 0.400. The summed E-state index contributed by atoms with van der Waals surface area (Å²) in [6.45, 7) is 0.330. The van der Waals surface area contributed by atoms with Crippen molar-refractivity contribution < 1.29 is 18.8 Å². The number of nitrogens with zero attached hydrogens (tertiary/aromatic N) is 2. The molecule has 32 heavy (non-hydrogen) atoms. The van der Waals surface area contributed by atoms with Crippen molar-refractivity contribution >= 4 is 35.0 Å². The molecule has 1 heterocycles. The lowest BCUT2D eigenvalue weighted by Crippen LogP contribution is -2.48. The highest BCUT2D eigenvalue weighted by Crippen LogP contribution is 2.30. The van der Waals surface area contributed by atoms with Gasteiger partial charge in [-0.1, -0.05) is 43.0 Å². The van der Waals surface area contributed by atoms with Gasteiger partial charge < -0.3 is 4.90 Å². The lowest BCUT2D eigenvalue weighted by molar-refractivity contribution is -0.142. The van der Waals surface area contributed by atoms with Crippen molar-refractivity contribution in [2.24, 2.45) is 5.92 Å². The van der Waals surface area contributed by atoms with E-state index in [2.05, 4.69) is 0 Å². The maximum absolute atomic E-state index is 13.5. The van der Waals surface area contributed by atoms with Crippen molar-refractivity contribution in [1.29, 1.82) is 0 Å². The highest BCUT2D eigenvalue weighted by molar-refractivity contribution is 6.30. The molecule has 7 heteroatoms. The molecule has 2 fully saturated rings. The number of amides is 3. The van der Waals surface area contributed by atoms with Crippen molar-refractivity contribution in [2.75, 3.05) is 11.4 Å². The molecule has 0 radical (unpaired) electrons. The second-order valence-electron chi connectivity index (χ2n) is 8.51. The van der Waals surface area contributed by atoms with E-state index in [1.54, 1.807) is 11.0 Å². The monoisotopic (exact) mass is 456 g/mol. The summed E-state index contributed by atoms with van der Waals surface area (Å²) in [6.07, 6.45) is 5.20. The fourth-order valence-electron chi connectivity index (χ4n) is 4.67. The van der Waals surface area contributed by atoms with Crippen molar-refractivity contribution in [3.8, 4) is 0 Å². The van der Waals surface area contributed by atoms with Crippen LogP contribution < -0.4 is 4.90 Å². The largest absolute Gasteiger partial charge is 0.330 e. The minimum absolute atomic E-state index is 0.0566. The van der Waals surface area contributed by atoms with Gasteiger partial charge in [0.1, 0.15) is 11.9 Å². The van der Waals surface area contributed by atoms with Crippen molar-refractivity contribution in [3.63, 3.8) is 0 Å². The van der Waals surface area contributed by atoms with E-state index in [0.717, 1.165) is 42.6 Å². The molecule has 168 valence electrons. The molecule has 5 nitrogen and oxygen atoms in total. The lowest BCUT2D eigenvalue weighted by Gasteiger charge is -2.32. The Labute approximate surface area is 192 Å². The number of carbonyl (C=O) groups excluding carboxylic acids is 3. The molecule has 1 atom stereocenters. The summed E-state index contributed by atoms with van der Waals surface area (Å²) < 4.78 is 13.3. The molecule has 2 aromatic carbocycles. The Bertz CT molecular complexity index is 1000. The minimum Gasteiger partial charge on any atom is -0.330 e. The standard InChI is InChI=1S/C25H26ClFN2O3/c26-19-8-4-5-17(15-19)13-14-28(24(31)18-6-2-1-3-7-18)22-16-23(30)29(25(22)32)21-11-9-20(27)10-12-21/h4-5,8-12,15,18,22H,1-3,6-7,13-14,16H2. The molecule has 0 aromatic heterocycles. The van der Waals surface area contributed by atoms with E-state index in [1.807, 2.05) is 18.2 Å². The second-order valence-corrected chi connectivity index (χ2v) is 8.95. The SMILES string of the molecule is O=C1CC(N(CCc2cccc(Cl)c2)C(=O)C2CCCCC2)C(=O)N1c1ccc(F)cc1. The summed E-state index contributed by atoms with van der Waals surface area (Å²) in [4.78, 5) is 42.2. The predicted octanol–water partition coefficient (Wildman–Crippen LogP) is 4.76. The van der Waals surface area contributed by atoms with Gasteiger partial charge in [0.05, 0.1) is 12.1 Å². The van der Waals surface area contributed by atoms with Crippen molar-refractivity contribution in [3.05, 3.63) is 64.9 Å². The molecular formula is C25H26ClFN2O3. The third-order valence-corrected chi connectivity index (χ3v) is 6.59. The Balaban J connectivity index is 1.58. The van der Waals surface area contributed by atoms with E-state index < -0.39 is 17.8 Å². The van der Waals surface area contributed by atoms with Crippen LogP contribution in [0.25, 0.3) is 0 Å². The molecule has 2 aromatic rings. The summed E-state index contributed by atoms with van der Waals surface area (Å²) in [5, 5.41) is 0.613. The maximum Gasteiger partial charge on any atom is 0.257 e. The third-order valence-electron chi connectivity index (χ3n) is 6.35. The molecular weight excluding hydrogens is 431 g/mol. The smallest absolute Gasteiger partial charge is 0.257 e. The van der Waals surface area contributed by atoms with Gasteiger partial charge in [0.2, 0.25) is 11.8 Å². The number of rotatable bonds is 6. The van der Waals surface area contributed by atoms with E-state index in [1.165, 1.54) is 24.3 Å². The molecule has 1 aliphatic carbocycles. The first-order chi connectivity index (χ1) is 15.4. The molecule has 2 aliphatic rings. The Hall–Kier alpha value is -2.73. The van der Waals surface area contributed by atoms with Crippen LogP contribution >= 0.6 is 11.6 Å². The van der Waals surface area contributed by atoms with Crippen molar-refractivity contribution in [2.45, 2.75) is 51.0 Å². The molecule has 1 unspecified atom stereocenters.